The van der Waals surface area contributed by atoms with Gasteiger partial charge in [0, 0.05) is 18.4 Å². The Morgan fingerprint density at radius 1 is 1.10 bits per heavy atom. The zero-order valence-electron chi connectivity index (χ0n) is 17.0. The first-order valence-corrected chi connectivity index (χ1v) is 10.5. The Hall–Kier alpha value is -3.32. The van der Waals surface area contributed by atoms with Crippen LogP contribution in [0, 0.1) is 6.92 Å². The highest BCUT2D eigenvalue weighted by atomic mass is 16.1. The molecule has 1 saturated heterocycles. The van der Waals surface area contributed by atoms with Crippen LogP contribution in [-0.4, -0.2) is 38.3 Å². The van der Waals surface area contributed by atoms with E-state index in [1.807, 2.05) is 41.9 Å². The van der Waals surface area contributed by atoms with Gasteiger partial charge in [0.2, 0.25) is 5.82 Å². The number of likely N-dealkylation sites (tertiary alicyclic amines) is 1. The third-order valence-corrected chi connectivity index (χ3v) is 5.99. The fourth-order valence-corrected chi connectivity index (χ4v) is 4.49. The molecule has 4 aromatic rings. The van der Waals surface area contributed by atoms with Crippen LogP contribution in [0.1, 0.15) is 41.4 Å². The lowest BCUT2D eigenvalue weighted by Crippen LogP contribution is -3.10. The van der Waals surface area contributed by atoms with E-state index in [0.29, 0.717) is 6.54 Å². The number of nitrogens with zero attached hydrogens (tertiary/aromatic N) is 4. The number of hydrogen-bond donors (Lipinski definition) is 2. The number of rotatable bonds is 5. The highest BCUT2D eigenvalue weighted by Crippen LogP contribution is 2.20. The minimum atomic E-state index is -0.194. The van der Waals surface area contributed by atoms with Crippen molar-refractivity contribution < 1.29 is 4.90 Å². The Labute approximate surface area is 174 Å². The number of benzene rings is 2. The molecular formula is C23H25N6O+. The van der Waals surface area contributed by atoms with Gasteiger partial charge in [-0.1, -0.05) is 42.5 Å². The molecule has 152 valence electrons. The summed E-state index contributed by atoms with van der Waals surface area (Å²) in [6.45, 7) is 4.63. The summed E-state index contributed by atoms with van der Waals surface area (Å²) in [7, 11) is 0. The Bertz CT molecular complexity index is 1220. The molecule has 0 aliphatic carbocycles. The molecule has 0 bridgehead atoms. The summed E-state index contributed by atoms with van der Waals surface area (Å²) in [6.07, 6.45) is 2.30. The molecule has 3 heterocycles. The summed E-state index contributed by atoms with van der Waals surface area (Å²) in [5, 5.41) is 13.7. The molecule has 0 unspecified atom stereocenters. The number of aromatic amines is 1. The van der Waals surface area contributed by atoms with E-state index in [1.54, 1.807) is 0 Å². The molecule has 5 rings (SSSR count). The lowest BCUT2D eigenvalue weighted by atomic mass is 10.0. The van der Waals surface area contributed by atoms with Gasteiger partial charge in [0.25, 0.3) is 5.56 Å². The molecule has 0 amide bonds. The van der Waals surface area contributed by atoms with E-state index in [1.165, 1.54) is 4.90 Å². The molecule has 7 nitrogen and oxygen atoms in total. The van der Waals surface area contributed by atoms with Crippen molar-refractivity contribution in [2.75, 3.05) is 13.1 Å². The van der Waals surface area contributed by atoms with Crippen molar-refractivity contribution in [2.45, 2.75) is 32.4 Å². The first-order valence-electron chi connectivity index (χ1n) is 10.5. The lowest BCUT2D eigenvalue weighted by Gasteiger charge is -2.23. The SMILES string of the molecule is Cc1ccc2cc([C@H](c3nnnn3Cc3ccccc3)[NH+]3CCCC3)c(=O)[nH]c2c1. The highest BCUT2D eigenvalue weighted by Gasteiger charge is 2.35. The predicted octanol–water partition coefficient (Wildman–Crippen LogP) is 1.64. The van der Waals surface area contributed by atoms with Crippen molar-refractivity contribution in [1.29, 1.82) is 0 Å². The van der Waals surface area contributed by atoms with Crippen LogP contribution < -0.4 is 10.5 Å². The summed E-state index contributed by atoms with van der Waals surface area (Å²) >= 11 is 0. The third-order valence-electron chi connectivity index (χ3n) is 5.99. The minimum absolute atomic E-state index is 0.0632. The van der Waals surface area contributed by atoms with Gasteiger partial charge >= 0.3 is 0 Å². The minimum Gasteiger partial charge on any atom is -0.322 e. The van der Waals surface area contributed by atoms with Gasteiger partial charge in [0.05, 0.1) is 25.2 Å². The number of quaternary nitrogens is 1. The molecule has 0 radical (unpaired) electrons. The van der Waals surface area contributed by atoms with Gasteiger partial charge in [-0.05, 0) is 46.0 Å². The van der Waals surface area contributed by atoms with Crippen LogP contribution in [0.4, 0.5) is 0 Å². The first-order chi connectivity index (χ1) is 14.7. The monoisotopic (exact) mass is 401 g/mol. The van der Waals surface area contributed by atoms with Crippen LogP contribution in [-0.2, 0) is 6.54 Å². The Morgan fingerprint density at radius 2 is 1.90 bits per heavy atom. The maximum absolute atomic E-state index is 13.2. The standard InChI is InChI=1S/C23H24N6O/c1-16-9-10-18-14-19(23(30)24-20(18)13-16)21(28-11-5-6-12-28)22-25-26-27-29(22)15-17-7-3-2-4-8-17/h2-4,7-10,13-14,21H,5-6,11-12,15H2,1H3,(H,24,30)/p+1/t21-/m1/s1. The maximum atomic E-state index is 13.2. The van der Waals surface area contributed by atoms with Crippen LogP contribution >= 0.6 is 0 Å². The van der Waals surface area contributed by atoms with Crippen LogP contribution in [0.3, 0.4) is 0 Å². The fraction of sp³-hybridized carbons (Fsp3) is 0.304. The molecule has 1 aliphatic rings. The van der Waals surface area contributed by atoms with Crippen LogP contribution in [0.15, 0.2) is 59.4 Å². The molecule has 1 aliphatic heterocycles. The number of pyridine rings is 1. The number of aromatic nitrogens is 5. The average molecular weight is 401 g/mol. The number of hydrogen-bond acceptors (Lipinski definition) is 4. The zero-order valence-corrected chi connectivity index (χ0v) is 17.0. The van der Waals surface area contributed by atoms with Gasteiger partial charge in [-0.15, -0.1) is 5.10 Å². The van der Waals surface area contributed by atoms with Gasteiger partial charge in [-0.2, -0.15) is 0 Å². The fourth-order valence-electron chi connectivity index (χ4n) is 4.49. The third kappa shape index (κ3) is 3.52. The van der Waals surface area contributed by atoms with Crippen LogP contribution in [0.5, 0.6) is 0 Å². The number of H-pyrrole nitrogens is 1. The Kier molecular flexibility index (Phi) is 4.88. The summed E-state index contributed by atoms with van der Waals surface area (Å²) < 4.78 is 1.84. The van der Waals surface area contributed by atoms with Gasteiger partial charge in [-0.25, -0.2) is 4.68 Å². The topological polar surface area (TPSA) is 80.9 Å². The zero-order chi connectivity index (χ0) is 20.5. The highest BCUT2D eigenvalue weighted by molar-refractivity contribution is 5.79. The molecule has 1 atom stereocenters. The van der Waals surface area contributed by atoms with Crippen molar-refractivity contribution in [2.24, 2.45) is 0 Å². The van der Waals surface area contributed by atoms with Crippen LogP contribution in [0.25, 0.3) is 10.9 Å². The van der Waals surface area contributed by atoms with Crippen molar-refractivity contribution in [3.63, 3.8) is 0 Å². The molecule has 7 heteroatoms. The number of fused-ring (bicyclic) bond motifs is 1. The molecule has 2 aromatic heterocycles. The average Bonchev–Trinajstić information content (AvgIpc) is 3.43. The lowest BCUT2D eigenvalue weighted by molar-refractivity contribution is -0.914. The Balaban J connectivity index is 1.62. The molecular weight excluding hydrogens is 376 g/mol. The van der Waals surface area contributed by atoms with Crippen molar-refractivity contribution in [1.82, 2.24) is 25.2 Å². The molecule has 1 fully saturated rings. The van der Waals surface area contributed by atoms with E-state index in [2.05, 4.69) is 44.8 Å². The second-order valence-electron chi connectivity index (χ2n) is 8.12. The number of nitrogens with one attached hydrogen (secondary N) is 2. The van der Waals surface area contributed by atoms with Gasteiger partial charge in [0.1, 0.15) is 0 Å². The van der Waals surface area contributed by atoms with Gasteiger partial charge in [-0.3, -0.25) is 4.79 Å². The van der Waals surface area contributed by atoms with E-state index in [4.69, 9.17) is 0 Å². The predicted molar refractivity (Wildman–Crippen MR) is 114 cm³/mol. The molecule has 30 heavy (non-hydrogen) atoms. The van der Waals surface area contributed by atoms with Crippen LogP contribution in [0.2, 0.25) is 0 Å². The maximum Gasteiger partial charge on any atom is 0.258 e. The van der Waals surface area contributed by atoms with E-state index < -0.39 is 0 Å². The van der Waals surface area contributed by atoms with Crippen molar-refractivity contribution >= 4 is 10.9 Å². The molecule has 2 N–H and O–H groups in total. The van der Waals surface area contributed by atoms with E-state index in [0.717, 1.165) is 59.3 Å². The van der Waals surface area contributed by atoms with Crippen molar-refractivity contribution in [3.8, 4) is 0 Å². The second-order valence-corrected chi connectivity index (χ2v) is 8.12. The first kappa shape index (κ1) is 18.7. The summed E-state index contributed by atoms with van der Waals surface area (Å²) in [5.74, 6) is 0.743. The quantitative estimate of drug-likeness (QED) is 0.533. The largest absolute Gasteiger partial charge is 0.322 e. The molecule has 2 aromatic carbocycles. The summed E-state index contributed by atoms with van der Waals surface area (Å²) in [5.41, 5.74) is 3.78. The summed E-state index contributed by atoms with van der Waals surface area (Å²) in [4.78, 5) is 17.6. The van der Waals surface area contributed by atoms with E-state index >= 15 is 0 Å². The number of aryl methyl sites for hydroxylation is 1. The summed E-state index contributed by atoms with van der Waals surface area (Å²) in [6, 6.07) is 18.1. The van der Waals surface area contributed by atoms with Gasteiger partial charge in [0.15, 0.2) is 6.04 Å². The molecule has 0 spiro atoms. The second kappa shape index (κ2) is 7.84. The smallest absolute Gasteiger partial charge is 0.258 e. The van der Waals surface area contributed by atoms with Gasteiger partial charge < -0.3 is 9.88 Å². The molecule has 0 saturated carbocycles. The number of tetrazole rings is 1. The van der Waals surface area contributed by atoms with Crippen molar-refractivity contribution in [3.05, 3.63) is 87.5 Å². The normalized spacial score (nSPS) is 15.6. The van der Waals surface area contributed by atoms with E-state index in [-0.39, 0.29) is 11.6 Å². The van der Waals surface area contributed by atoms with E-state index in [9.17, 15) is 4.79 Å². The Morgan fingerprint density at radius 3 is 2.70 bits per heavy atom.